The Morgan fingerprint density at radius 2 is 2.00 bits per heavy atom. The van der Waals surface area contributed by atoms with Crippen molar-refractivity contribution in [3.05, 3.63) is 6.62 Å². The van der Waals surface area contributed by atoms with E-state index in [1.54, 1.807) is 0 Å². The molecule has 0 bridgehead atoms. The first-order valence-corrected chi connectivity index (χ1v) is 4.42. The van der Waals surface area contributed by atoms with Gasteiger partial charge in [0.25, 0.3) is 0 Å². The molecule has 2 nitrogen and oxygen atoms in total. The molecule has 0 heterocycles. The van der Waals surface area contributed by atoms with Crippen LogP contribution in [0.5, 0.6) is 0 Å². The zero-order valence-electron chi connectivity index (χ0n) is 4.45. The highest BCUT2D eigenvalue weighted by Crippen LogP contribution is 2.23. The van der Waals surface area contributed by atoms with Gasteiger partial charge >= 0.3 is 5.97 Å². The Bertz CT molecular complexity index is 151. The van der Waals surface area contributed by atoms with Gasteiger partial charge in [-0.25, -0.2) is 4.79 Å². The molecule has 0 aliphatic rings. The van der Waals surface area contributed by atoms with E-state index in [0.717, 1.165) is 0 Å². The van der Waals surface area contributed by atoms with Crippen LogP contribution in [0.25, 0.3) is 0 Å². The minimum absolute atomic E-state index is 0.394. The average Bonchev–Trinajstić information content (AvgIpc) is 1.84. The second kappa shape index (κ2) is 4.73. The number of hydrogen-bond donors (Lipinski definition) is 0. The Hall–Kier alpha value is 0.960. The van der Waals surface area contributed by atoms with Crippen molar-refractivity contribution in [2.45, 2.75) is 0 Å². The molecule has 5 heteroatoms. The Balaban J connectivity index is 4.21. The van der Waals surface area contributed by atoms with Gasteiger partial charge in [-0.05, 0) is 45.2 Å². The molecule has 0 fully saturated rings. The average molecular weight is 372 g/mol. The van der Waals surface area contributed by atoms with Crippen LogP contribution in [0.1, 0.15) is 0 Å². The van der Waals surface area contributed by atoms with Crippen molar-refractivity contribution >= 4 is 62.8 Å². The first-order valence-electron chi connectivity index (χ1n) is 1.88. The van der Waals surface area contributed by atoms with Gasteiger partial charge in [-0.3, -0.25) is 0 Å². The number of carbonyl (C=O) groups is 1. The molecular weight excluding hydrogens is 369 g/mol. The van der Waals surface area contributed by atoms with E-state index in [0.29, 0.717) is 6.62 Å². The van der Waals surface area contributed by atoms with Gasteiger partial charge < -0.3 is 4.74 Å². The molecule has 0 spiro atoms. The van der Waals surface area contributed by atoms with Gasteiger partial charge in [0.1, 0.15) is 3.58 Å². The maximum atomic E-state index is 10.6. The van der Waals surface area contributed by atoms with Crippen LogP contribution >= 0.6 is 56.8 Å². The highest BCUT2D eigenvalue weighted by atomic mass is 127. The van der Waals surface area contributed by atoms with Crippen molar-refractivity contribution in [1.82, 2.24) is 0 Å². The molecule has 52 valence electrons. The molecule has 0 saturated carbocycles. The van der Waals surface area contributed by atoms with Crippen molar-refractivity contribution in [3.8, 4) is 0 Å². The molecule has 0 rings (SSSR count). The Morgan fingerprint density at radius 3 is 2.11 bits per heavy atom. The summed E-state index contributed by atoms with van der Waals surface area (Å²) in [5.74, 6) is -0.394. The van der Waals surface area contributed by atoms with Crippen LogP contribution in [-0.4, -0.2) is 13.1 Å². The Labute approximate surface area is 85.2 Å². The second-order valence-corrected chi connectivity index (χ2v) is 4.24. The van der Waals surface area contributed by atoms with E-state index >= 15 is 0 Å². The minimum Gasteiger partial charge on any atom is -0.465 e. The molecule has 0 aromatic carbocycles. The summed E-state index contributed by atoms with van der Waals surface area (Å²) in [6.45, 7) is 0. The van der Waals surface area contributed by atoms with E-state index in [2.05, 4.69) is 4.74 Å². The normalized spacial score (nSPS) is 12.4. The molecule has 0 N–H and O–H groups in total. The maximum Gasteiger partial charge on any atom is 0.346 e. The first-order chi connectivity index (χ1) is 4.09. The molecule has 0 aromatic rings. The fourth-order valence-electron chi connectivity index (χ4n) is 0.167. The predicted octanol–water partition coefficient (Wildman–Crippen LogP) is 2.44. The molecule has 0 atom stereocenters. The van der Waals surface area contributed by atoms with Gasteiger partial charge in [0.05, 0.1) is 10.1 Å². The molecule has 0 amide bonds. The van der Waals surface area contributed by atoms with E-state index in [1.807, 2.05) is 45.2 Å². The van der Waals surface area contributed by atoms with E-state index in [4.69, 9.17) is 11.6 Å². The van der Waals surface area contributed by atoms with Crippen LogP contribution in [0.4, 0.5) is 0 Å². The standard InChI is InChI=1S/C4H3ClI2O2/c1-9-4(8)2(6)3(5)7/h1H3. The van der Waals surface area contributed by atoms with Crippen molar-refractivity contribution in [2.24, 2.45) is 0 Å². The maximum absolute atomic E-state index is 10.6. The SMILES string of the molecule is COC(=O)C(I)=C(Cl)I. The Morgan fingerprint density at radius 1 is 1.56 bits per heavy atom. The van der Waals surface area contributed by atoms with E-state index in [1.165, 1.54) is 7.11 Å². The van der Waals surface area contributed by atoms with Crippen molar-refractivity contribution < 1.29 is 9.53 Å². The fraction of sp³-hybridized carbons (Fsp3) is 0.250. The van der Waals surface area contributed by atoms with E-state index in [9.17, 15) is 4.79 Å². The lowest BCUT2D eigenvalue weighted by molar-refractivity contribution is -0.135. The zero-order chi connectivity index (χ0) is 7.44. The second-order valence-electron chi connectivity index (χ2n) is 1.07. The highest BCUT2D eigenvalue weighted by Gasteiger charge is 2.07. The van der Waals surface area contributed by atoms with Crippen molar-refractivity contribution in [1.29, 1.82) is 0 Å². The van der Waals surface area contributed by atoms with Crippen LogP contribution in [0.3, 0.4) is 0 Å². The number of carbonyl (C=O) groups excluding carboxylic acids is 1. The third kappa shape index (κ3) is 3.61. The number of ether oxygens (including phenoxy) is 1. The smallest absolute Gasteiger partial charge is 0.346 e. The topological polar surface area (TPSA) is 26.3 Å². The number of halogens is 3. The first kappa shape index (κ1) is 9.96. The van der Waals surface area contributed by atoms with E-state index < -0.39 is 5.97 Å². The number of hydrogen-bond acceptors (Lipinski definition) is 2. The summed E-state index contributed by atoms with van der Waals surface area (Å²) in [6, 6.07) is 0. The van der Waals surface area contributed by atoms with Crippen molar-refractivity contribution in [2.75, 3.05) is 7.11 Å². The van der Waals surface area contributed by atoms with Gasteiger partial charge in [0.2, 0.25) is 0 Å². The summed E-state index contributed by atoms with van der Waals surface area (Å²) in [4.78, 5) is 10.6. The molecule has 0 saturated heterocycles. The molecule has 0 radical (unpaired) electrons. The van der Waals surface area contributed by atoms with E-state index in [-0.39, 0.29) is 0 Å². The van der Waals surface area contributed by atoms with Gasteiger partial charge in [-0.2, -0.15) is 0 Å². The van der Waals surface area contributed by atoms with Gasteiger partial charge in [-0.15, -0.1) is 0 Å². The van der Waals surface area contributed by atoms with Gasteiger partial charge in [-0.1, -0.05) is 11.6 Å². The van der Waals surface area contributed by atoms with Gasteiger partial charge in [0.15, 0.2) is 0 Å². The lowest BCUT2D eigenvalue weighted by Gasteiger charge is -1.94. The summed E-state index contributed by atoms with van der Waals surface area (Å²) in [6.07, 6.45) is 0. The van der Waals surface area contributed by atoms with Crippen LogP contribution < -0.4 is 0 Å². The summed E-state index contributed by atoms with van der Waals surface area (Å²) < 4.78 is 5.22. The molecule has 0 unspecified atom stereocenters. The molecule has 0 aliphatic heterocycles. The third-order valence-corrected chi connectivity index (χ3v) is 3.59. The lowest BCUT2D eigenvalue weighted by Crippen LogP contribution is -1.98. The van der Waals surface area contributed by atoms with Crippen LogP contribution in [0.15, 0.2) is 6.62 Å². The quantitative estimate of drug-likeness (QED) is 0.402. The molecule has 0 aliphatic carbocycles. The predicted molar refractivity (Wildman–Crippen MR) is 52.9 cm³/mol. The lowest BCUT2D eigenvalue weighted by atomic mass is 10.7. The van der Waals surface area contributed by atoms with Crippen LogP contribution in [0.2, 0.25) is 0 Å². The Kier molecular flexibility index (Phi) is 5.23. The highest BCUT2D eigenvalue weighted by molar-refractivity contribution is 14.1. The minimum atomic E-state index is -0.394. The largest absolute Gasteiger partial charge is 0.465 e. The fourth-order valence-corrected chi connectivity index (χ4v) is 0.684. The molecule has 0 aromatic heterocycles. The molecule has 9 heavy (non-hydrogen) atoms. The van der Waals surface area contributed by atoms with Crippen LogP contribution in [-0.2, 0) is 9.53 Å². The number of methoxy groups -OCH3 is 1. The summed E-state index contributed by atoms with van der Waals surface area (Å²) in [5.41, 5.74) is 0. The van der Waals surface area contributed by atoms with Gasteiger partial charge in [0, 0.05) is 0 Å². The monoisotopic (exact) mass is 372 g/mol. The number of esters is 1. The van der Waals surface area contributed by atoms with Crippen LogP contribution in [0, 0.1) is 0 Å². The summed E-state index contributed by atoms with van der Waals surface area (Å²) in [7, 11) is 1.32. The zero-order valence-corrected chi connectivity index (χ0v) is 9.52. The third-order valence-electron chi connectivity index (χ3n) is 0.531. The summed E-state index contributed by atoms with van der Waals surface area (Å²) in [5, 5.41) is 0. The van der Waals surface area contributed by atoms with Crippen molar-refractivity contribution in [3.63, 3.8) is 0 Å². The number of rotatable bonds is 1. The summed E-state index contributed by atoms with van der Waals surface area (Å²) >= 11 is 9.13. The molecular formula is C4H3ClI2O2.